The normalized spacial score (nSPS) is 19.1. The lowest BCUT2D eigenvalue weighted by Gasteiger charge is -2.41. The summed E-state index contributed by atoms with van der Waals surface area (Å²) < 4.78 is 11.2. The molecule has 0 bridgehead atoms. The number of piperidine rings is 1. The molecule has 12 heteroatoms. The van der Waals surface area contributed by atoms with Crippen LogP contribution >= 0.6 is 11.6 Å². The molecule has 0 spiro atoms. The van der Waals surface area contributed by atoms with Gasteiger partial charge in [-0.05, 0) is 64.8 Å². The van der Waals surface area contributed by atoms with E-state index in [-0.39, 0.29) is 19.1 Å². The van der Waals surface area contributed by atoms with Crippen molar-refractivity contribution in [3.05, 3.63) is 65.2 Å². The van der Waals surface area contributed by atoms with E-state index in [4.69, 9.17) is 21.1 Å². The van der Waals surface area contributed by atoms with Gasteiger partial charge in [0, 0.05) is 31.6 Å². The number of fused-ring (bicyclic) bond motifs is 1. The van der Waals surface area contributed by atoms with Gasteiger partial charge in [-0.15, -0.1) is 0 Å². The van der Waals surface area contributed by atoms with Gasteiger partial charge in [-0.1, -0.05) is 48.0 Å². The maximum atomic E-state index is 14.2. The van der Waals surface area contributed by atoms with Crippen molar-refractivity contribution in [3.8, 4) is 5.75 Å². The summed E-state index contributed by atoms with van der Waals surface area (Å²) >= 11 is 6.12. The van der Waals surface area contributed by atoms with Gasteiger partial charge in [0.05, 0.1) is 5.71 Å². The molecule has 1 saturated heterocycles. The van der Waals surface area contributed by atoms with Crippen molar-refractivity contribution in [1.82, 2.24) is 20.5 Å². The smallest absolute Gasteiger partial charge is 0.408 e. The Morgan fingerprint density at radius 3 is 2.43 bits per heavy atom. The lowest BCUT2D eigenvalue weighted by molar-refractivity contribution is -0.143. The van der Waals surface area contributed by atoms with Crippen molar-refractivity contribution >= 4 is 41.1 Å². The van der Waals surface area contributed by atoms with Crippen LogP contribution in [-0.4, -0.2) is 83.4 Å². The number of hydrazone groups is 1. The van der Waals surface area contributed by atoms with Crippen LogP contribution in [-0.2, 0) is 25.5 Å². The van der Waals surface area contributed by atoms with Crippen LogP contribution in [0.15, 0.2) is 59.7 Å². The third-order valence-corrected chi connectivity index (χ3v) is 7.70. The first kappa shape index (κ1) is 32.8. The summed E-state index contributed by atoms with van der Waals surface area (Å²) in [6.07, 6.45) is 0.00356. The number of halogens is 1. The molecule has 0 radical (unpaired) electrons. The fourth-order valence-electron chi connectivity index (χ4n) is 5.30. The number of rotatable bonds is 9. The Morgan fingerprint density at radius 1 is 1.07 bits per heavy atom. The summed E-state index contributed by atoms with van der Waals surface area (Å²) in [7, 11) is 1.62. The second-order valence-corrected chi connectivity index (χ2v) is 13.1. The van der Waals surface area contributed by atoms with Crippen molar-refractivity contribution in [3.63, 3.8) is 0 Å². The van der Waals surface area contributed by atoms with E-state index < -0.39 is 40.5 Å². The summed E-state index contributed by atoms with van der Waals surface area (Å²) in [6.45, 7) is 8.35. The zero-order valence-corrected chi connectivity index (χ0v) is 26.7. The number of benzene rings is 2. The van der Waals surface area contributed by atoms with Gasteiger partial charge >= 0.3 is 6.09 Å². The van der Waals surface area contributed by atoms with Crippen LogP contribution in [0.1, 0.15) is 46.6 Å². The average Bonchev–Trinajstić information content (AvgIpc) is 3.18. The number of alkyl carbamates (subject to hydrolysis) is 1. The van der Waals surface area contributed by atoms with Crippen LogP contribution in [0.25, 0.3) is 0 Å². The van der Waals surface area contributed by atoms with E-state index in [1.807, 2.05) is 30.3 Å². The number of hydrogen-bond acceptors (Lipinski definition) is 7. The van der Waals surface area contributed by atoms with Crippen LogP contribution in [0.2, 0.25) is 5.02 Å². The van der Waals surface area contributed by atoms with Gasteiger partial charge in [-0.3, -0.25) is 14.4 Å². The van der Waals surface area contributed by atoms with Crippen LogP contribution < -0.4 is 15.4 Å². The van der Waals surface area contributed by atoms with Gasteiger partial charge in [0.2, 0.25) is 11.8 Å². The van der Waals surface area contributed by atoms with E-state index in [2.05, 4.69) is 15.7 Å². The minimum atomic E-state index is -1.43. The molecule has 44 heavy (non-hydrogen) atoms. The van der Waals surface area contributed by atoms with Crippen molar-refractivity contribution in [1.29, 1.82) is 0 Å². The third kappa shape index (κ3) is 7.68. The number of carbonyl (C=O) groups excluding carboxylic acids is 4. The van der Waals surface area contributed by atoms with Gasteiger partial charge in [0.25, 0.3) is 5.91 Å². The number of ether oxygens (including phenoxy) is 2. The number of carbonyl (C=O) groups is 4. The Morgan fingerprint density at radius 2 is 1.77 bits per heavy atom. The Hall–Kier alpha value is -4.12. The van der Waals surface area contributed by atoms with Crippen LogP contribution in [0.4, 0.5) is 4.79 Å². The van der Waals surface area contributed by atoms with Crippen LogP contribution in [0.3, 0.4) is 0 Å². The molecule has 1 fully saturated rings. The average molecular weight is 626 g/mol. The highest BCUT2D eigenvalue weighted by atomic mass is 35.5. The van der Waals surface area contributed by atoms with Crippen molar-refractivity contribution < 1.29 is 28.7 Å². The molecule has 2 aromatic carbocycles. The molecule has 2 aliphatic heterocycles. The molecule has 2 aliphatic rings. The number of nitrogens with zero attached hydrogens (tertiary/aromatic N) is 3. The fourth-order valence-corrected chi connectivity index (χ4v) is 5.48. The highest BCUT2D eigenvalue weighted by Crippen LogP contribution is 2.38. The summed E-state index contributed by atoms with van der Waals surface area (Å²) in [5.74, 6) is -0.821. The van der Waals surface area contributed by atoms with Gasteiger partial charge < -0.3 is 25.0 Å². The highest BCUT2D eigenvalue weighted by molar-refractivity contribution is 6.30. The van der Waals surface area contributed by atoms with E-state index >= 15 is 0 Å². The van der Waals surface area contributed by atoms with Crippen LogP contribution in [0.5, 0.6) is 5.75 Å². The predicted octanol–water partition coefficient (Wildman–Crippen LogP) is 3.80. The number of amides is 4. The second-order valence-electron chi connectivity index (χ2n) is 12.7. The quantitative estimate of drug-likeness (QED) is 0.436. The van der Waals surface area contributed by atoms with E-state index in [1.165, 1.54) is 18.9 Å². The molecule has 2 heterocycles. The monoisotopic (exact) mass is 625 g/mol. The third-order valence-electron chi connectivity index (χ3n) is 7.46. The van der Waals surface area contributed by atoms with E-state index in [0.29, 0.717) is 30.2 Å². The molecule has 2 aromatic rings. The van der Waals surface area contributed by atoms with Crippen molar-refractivity contribution in [2.45, 2.75) is 64.6 Å². The maximum absolute atomic E-state index is 14.2. The molecule has 4 amide bonds. The summed E-state index contributed by atoms with van der Waals surface area (Å²) in [6, 6.07) is 15.2. The first-order chi connectivity index (χ1) is 20.6. The standard InChI is InChI=1S/C32H40ClN5O6/c1-30(2,3)44-29(42)35-31(4,5)27(40)34-24(19-43-23-14-10-13-22(33)17-23)26(39)38-16-15-25-32(20-38,28(41)37(6)36-25)18-21-11-8-7-9-12-21/h7-14,17,24H,15-16,18-20H2,1-6H3,(H,34,40)(H,35,42)/t24-,32-/m1/s1. The van der Waals surface area contributed by atoms with E-state index in [0.717, 1.165) is 11.3 Å². The molecule has 0 unspecified atom stereocenters. The molecule has 11 nitrogen and oxygen atoms in total. The van der Waals surface area contributed by atoms with Crippen LogP contribution in [0, 0.1) is 5.41 Å². The zero-order valence-electron chi connectivity index (χ0n) is 26.0. The van der Waals surface area contributed by atoms with Gasteiger partial charge in [-0.2, -0.15) is 5.10 Å². The van der Waals surface area contributed by atoms with E-state index in [9.17, 15) is 19.2 Å². The minimum absolute atomic E-state index is 0.0891. The zero-order chi connectivity index (χ0) is 32.3. The number of hydrogen-bond donors (Lipinski definition) is 2. The molecular formula is C32H40ClN5O6. The summed E-state index contributed by atoms with van der Waals surface area (Å²) in [5, 5.41) is 11.7. The Labute approximate surface area is 262 Å². The first-order valence-corrected chi connectivity index (χ1v) is 14.9. The molecule has 0 aliphatic carbocycles. The largest absolute Gasteiger partial charge is 0.491 e. The molecular weight excluding hydrogens is 586 g/mol. The predicted molar refractivity (Wildman–Crippen MR) is 166 cm³/mol. The Kier molecular flexibility index (Phi) is 9.58. The van der Waals surface area contributed by atoms with E-state index in [1.54, 1.807) is 57.0 Å². The molecule has 0 saturated carbocycles. The minimum Gasteiger partial charge on any atom is -0.491 e. The lowest BCUT2D eigenvalue weighted by Crippen LogP contribution is -2.63. The summed E-state index contributed by atoms with van der Waals surface area (Å²) in [4.78, 5) is 55.3. The molecule has 236 valence electrons. The van der Waals surface area contributed by atoms with Crippen molar-refractivity contribution in [2.75, 3.05) is 26.7 Å². The van der Waals surface area contributed by atoms with Gasteiger partial charge in [-0.25, -0.2) is 9.80 Å². The number of nitrogens with one attached hydrogen (secondary N) is 2. The molecule has 2 atom stereocenters. The van der Waals surface area contributed by atoms with Gasteiger partial charge in [0.15, 0.2) is 0 Å². The number of likely N-dealkylation sites (tertiary alicyclic amines) is 1. The first-order valence-electron chi connectivity index (χ1n) is 14.5. The molecule has 2 N–H and O–H groups in total. The lowest BCUT2D eigenvalue weighted by atomic mass is 9.73. The molecule has 4 rings (SSSR count). The van der Waals surface area contributed by atoms with Gasteiger partial charge in [0.1, 0.15) is 35.0 Å². The SMILES string of the molecule is CN1N=C2CCN(C(=O)[C@@H](COc3cccc(Cl)c3)NC(=O)C(C)(C)NC(=O)OC(C)(C)C)C[C@@]2(Cc2ccccc2)C1=O. The summed E-state index contributed by atoms with van der Waals surface area (Å²) in [5.41, 5.74) is -1.54. The Balaban J connectivity index is 1.57. The maximum Gasteiger partial charge on any atom is 0.408 e. The van der Waals surface area contributed by atoms with Crippen molar-refractivity contribution in [2.24, 2.45) is 10.5 Å². The fraction of sp³-hybridized carbons (Fsp3) is 0.469. The highest BCUT2D eigenvalue weighted by Gasteiger charge is 2.54. The Bertz CT molecular complexity index is 1440. The second kappa shape index (κ2) is 12.9. The molecule has 0 aromatic heterocycles. The topological polar surface area (TPSA) is 130 Å².